The second-order valence-electron chi connectivity index (χ2n) is 8.00. The zero-order chi connectivity index (χ0) is 22.9. The Hall–Kier alpha value is -3.23. The van der Waals surface area contributed by atoms with Crippen LogP contribution in [0.4, 0.5) is 19.0 Å². The lowest BCUT2D eigenvalue weighted by atomic mass is 9.95. The van der Waals surface area contributed by atoms with Gasteiger partial charge < -0.3 is 15.1 Å². The summed E-state index contributed by atoms with van der Waals surface area (Å²) in [6, 6.07) is 7.04. The lowest BCUT2D eigenvalue weighted by molar-refractivity contribution is -0.173. The van der Waals surface area contributed by atoms with Gasteiger partial charge in [-0.15, -0.1) is 0 Å². The summed E-state index contributed by atoms with van der Waals surface area (Å²) in [5.41, 5.74) is 3.17. The van der Waals surface area contributed by atoms with Gasteiger partial charge >= 0.3 is 6.18 Å². The van der Waals surface area contributed by atoms with Gasteiger partial charge in [-0.1, -0.05) is 31.2 Å². The second kappa shape index (κ2) is 8.72. The summed E-state index contributed by atoms with van der Waals surface area (Å²) in [5.74, 6) is 0.638. The van der Waals surface area contributed by atoms with E-state index in [2.05, 4.69) is 15.7 Å². The molecule has 1 aliphatic rings. The number of fused-ring (bicyclic) bond motifs is 1. The van der Waals surface area contributed by atoms with Gasteiger partial charge in [-0.25, -0.2) is 4.68 Å². The van der Waals surface area contributed by atoms with Gasteiger partial charge in [-0.3, -0.25) is 4.79 Å². The molecule has 0 saturated heterocycles. The van der Waals surface area contributed by atoms with Crippen LogP contribution in [0, 0.1) is 6.92 Å². The quantitative estimate of drug-likeness (QED) is 0.567. The van der Waals surface area contributed by atoms with E-state index in [9.17, 15) is 18.0 Å². The summed E-state index contributed by atoms with van der Waals surface area (Å²) < 4.78 is 47.7. The molecule has 0 spiro atoms. The highest BCUT2D eigenvalue weighted by Crippen LogP contribution is 2.44. The summed E-state index contributed by atoms with van der Waals surface area (Å²) >= 11 is 0. The third-order valence-electron chi connectivity index (χ3n) is 5.90. The minimum Gasteiger partial charge on any atom is -0.469 e. The largest absolute Gasteiger partial charge is 0.469 e. The number of carbonyl (C=O) groups is 1. The number of benzene rings is 1. The minimum absolute atomic E-state index is 0.0781. The van der Waals surface area contributed by atoms with Crippen molar-refractivity contribution in [2.24, 2.45) is 0 Å². The van der Waals surface area contributed by atoms with E-state index in [0.717, 1.165) is 27.8 Å². The number of furan rings is 1. The van der Waals surface area contributed by atoms with Crippen molar-refractivity contribution in [3.63, 3.8) is 0 Å². The molecule has 4 rings (SSSR count). The molecule has 0 unspecified atom stereocenters. The lowest BCUT2D eigenvalue weighted by Crippen LogP contribution is -2.36. The average Bonchev–Trinajstić information content (AvgIpc) is 3.36. The van der Waals surface area contributed by atoms with Crippen LogP contribution in [0.2, 0.25) is 0 Å². The lowest BCUT2D eigenvalue weighted by Gasteiger charge is -2.34. The Labute approximate surface area is 183 Å². The first-order valence-corrected chi connectivity index (χ1v) is 10.5. The van der Waals surface area contributed by atoms with E-state index in [1.165, 1.54) is 6.20 Å². The number of anilines is 1. The topological polar surface area (TPSA) is 72.1 Å². The van der Waals surface area contributed by atoms with Crippen LogP contribution in [0.25, 0.3) is 0 Å². The number of aryl methyl sites for hydroxylation is 2. The van der Waals surface area contributed by atoms with Gasteiger partial charge in [0.2, 0.25) is 5.91 Å². The molecule has 2 N–H and O–H groups in total. The van der Waals surface area contributed by atoms with Crippen LogP contribution in [0.5, 0.6) is 0 Å². The average molecular weight is 446 g/mol. The third kappa shape index (κ3) is 4.51. The van der Waals surface area contributed by atoms with Crippen molar-refractivity contribution >= 4 is 11.7 Å². The number of hydrogen-bond acceptors (Lipinski definition) is 4. The fraction of sp³-hybridized carbons (Fsp3) is 0.391. The van der Waals surface area contributed by atoms with Gasteiger partial charge in [0.25, 0.3) is 0 Å². The number of halogens is 3. The third-order valence-corrected chi connectivity index (χ3v) is 5.90. The molecule has 0 aliphatic carbocycles. The Kier molecular flexibility index (Phi) is 5.99. The van der Waals surface area contributed by atoms with Crippen molar-refractivity contribution in [3.8, 4) is 0 Å². The van der Waals surface area contributed by atoms with Crippen LogP contribution >= 0.6 is 0 Å². The van der Waals surface area contributed by atoms with Gasteiger partial charge in [0.05, 0.1) is 24.9 Å². The summed E-state index contributed by atoms with van der Waals surface area (Å²) in [6.07, 6.45) is -0.969. The number of nitrogens with zero attached hydrogens (tertiary/aromatic N) is 2. The van der Waals surface area contributed by atoms with E-state index in [0.29, 0.717) is 11.3 Å². The highest BCUT2D eigenvalue weighted by atomic mass is 19.4. The van der Waals surface area contributed by atoms with Gasteiger partial charge in [0.15, 0.2) is 6.04 Å². The molecule has 32 heavy (non-hydrogen) atoms. The molecule has 2 atom stereocenters. The smallest absolute Gasteiger partial charge is 0.410 e. The Morgan fingerprint density at radius 3 is 2.62 bits per heavy atom. The van der Waals surface area contributed by atoms with Crippen LogP contribution in [0.3, 0.4) is 0 Å². The maximum absolute atomic E-state index is 13.8. The van der Waals surface area contributed by atoms with Crippen molar-refractivity contribution in [2.45, 2.75) is 57.9 Å². The predicted molar refractivity (Wildman–Crippen MR) is 113 cm³/mol. The van der Waals surface area contributed by atoms with Crippen molar-refractivity contribution in [3.05, 3.63) is 70.8 Å². The SMILES string of the molecule is CCc1ccc([C@H]2C[C@@H](C(F)(F)F)n3ncc(CC(=O)NCc4ccoc4C)c3N2)cc1. The Morgan fingerprint density at radius 1 is 1.25 bits per heavy atom. The molecular formula is C23H25F3N4O2. The molecule has 0 radical (unpaired) electrons. The molecule has 170 valence electrons. The number of carbonyl (C=O) groups excluding carboxylic acids is 1. The number of hydrogen-bond donors (Lipinski definition) is 2. The summed E-state index contributed by atoms with van der Waals surface area (Å²) in [6.45, 7) is 4.11. The van der Waals surface area contributed by atoms with E-state index in [1.54, 1.807) is 19.3 Å². The predicted octanol–water partition coefficient (Wildman–Crippen LogP) is 4.87. The molecule has 3 aromatic rings. The van der Waals surface area contributed by atoms with Crippen LogP contribution in [0.15, 0.2) is 47.2 Å². The van der Waals surface area contributed by atoms with Crippen molar-refractivity contribution in [1.29, 1.82) is 0 Å². The van der Waals surface area contributed by atoms with E-state index in [4.69, 9.17) is 4.42 Å². The fourth-order valence-electron chi connectivity index (χ4n) is 3.97. The minimum atomic E-state index is -4.46. The molecule has 1 aliphatic heterocycles. The van der Waals surface area contributed by atoms with Gasteiger partial charge in [0.1, 0.15) is 11.6 Å². The van der Waals surface area contributed by atoms with Crippen LogP contribution in [-0.4, -0.2) is 21.9 Å². The molecule has 0 saturated carbocycles. The van der Waals surface area contributed by atoms with E-state index in [1.807, 2.05) is 31.2 Å². The number of nitrogens with one attached hydrogen (secondary N) is 2. The second-order valence-corrected chi connectivity index (χ2v) is 8.00. The van der Waals surface area contributed by atoms with Gasteiger partial charge in [-0.05, 0) is 30.5 Å². The highest BCUT2D eigenvalue weighted by Gasteiger charge is 2.46. The Morgan fingerprint density at radius 2 is 2.00 bits per heavy atom. The summed E-state index contributed by atoms with van der Waals surface area (Å²) in [7, 11) is 0. The molecule has 1 amide bonds. The zero-order valence-electron chi connectivity index (χ0n) is 17.9. The van der Waals surface area contributed by atoms with Crippen LogP contribution in [-0.2, 0) is 24.2 Å². The molecular weight excluding hydrogens is 421 g/mol. The maximum atomic E-state index is 13.8. The van der Waals surface area contributed by atoms with Crippen LogP contribution in [0.1, 0.15) is 53.4 Å². The van der Waals surface area contributed by atoms with E-state index in [-0.39, 0.29) is 31.1 Å². The van der Waals surface area contributed by atoms with Crippen molar-refractivity contribution in [1.82, 2.24) is 15.1 Å². The molecule has 6 nitrogen and oxygen atoms in total. The number of amides is 1. The Balaban J connectivity index is 1.55. The molecule has 3 heterocycles. The van der Waals surface area contributed by atoms with E-state index < -0.39 is 18.3 Å². The molecule has 9 heteroatoms. The maximum Gasteiger partial charge on any atom is 0.410 e. The standard InChI is InChI=1S/C23H25F3N4O2/c1-3-15-4-6-16(7-5-15)19-11-20(23(24,25)26)30-22(29-19)18(13-28-30)10-21(31)27-12-17-8-9-32-14(17)2/h4-9,13,19-20,29H,3,10-12H2,1-2H3,(H,27,31)/t19-,20+/m1/s1. The highest BCUT2D eigenvalue weighted by molar-refractivity contribution is 5.80. The summed E-state index contributed by atoms with van der Waals surface area (Å²) in [4.78, 5) is 12.5. The molecule has 1 aromatic carbocycles. The monoisotopic (exact) mass is 446 g/mol. The van der Waals surface area contributed by atoms with Gasteiger partial charge in [0, 0.05) is 24.1 Å². The number of aromatic nitrogens is 2. The van der Waals surface area contributed by atoms with Crippen molar-refractivity contribution in [2.75, 3.05) is 5.32 Å². The zero-order valence-corrected chi connectivity index (χ0v) is 17.9. The first-order valence-electron chi connectivity index (χ1n) is 10.5. The normalized spacial score (nSPS) is 18.2. The summed E-state index contributed by atoms with van der Waals surface area (Å²) in [5, 5.41) is 9.95. The Bertz CT molecular complexity index is 1090. The van der Waals surface area contributed by atoms with Gasteiger partial charge in [-0.2, -0.15) is 18.3 Å². The first kappa shape index (κ1) is 22.0. The molecule has 0 bridgehead atoms. The molecule has 2 aromatic heterocycles. The fourth-order valence-corrected chi connectivity index (χ4v) is 3.97. The first-order chi connectivity index (χ1) is 15.3. The van der Waals surface area contributed by atoms with Crippen LogP contribution < -0.4 is 10.6 Å². The molecule has 0 fully saturated rings. The number of alkyl halides is 3. The van der Waals surface area contributed by atoms with E-state index >= 15 is 0 Å². The van der Waals surface area contributed by atoms with Crippen molar-refractivity contribution < 1.29 is 22.4 Å². The number of rotatable bonds is 6.